The topological polar surface area (TPSA) is 29.5 Å². The number of rotatable bonds is 3. The van der Waals surface area contributed by atoms with Gasteiger partial charge in [-0.2, -0.15) is 0 Å². The lowest BCUT2D eigenvalue weighted by Gasteiger charge is -2.20. The molecule has 0 radical (unpaired) electrons. The molecule has 17 heavy (non-hydrogen) atoms. The molecule has 0 aliphatic heterocycles. The van der Waals surface area contributed by atoms with Crippen molar-refractivity contribution < 1.29 is 9.53 Å². The van der Waals surface area contributed by atoms with Gasteiger partial charge in [0.25, 0.3) is 0 Å². The van der Waals surface area contributed by atoms with E-state index in [9.17, 15) is 4.79 Å². The van der Waals surface area contributed by atoms with Crippen molar-refractivity contribution in [2.45, 2.75) is 27.3 Å². The standard InChI is InChI=1S/C13H18ClNO2/c1-8-6-9(2)11(7-15(4)13(14)16)12(17-5)10(8)3/h6H,7H2,1-5H3. The fourth-order valence-corrected chi connectivity index (χ4v) is 1.94. The van der Waals surface area contributed by atoms with E-state index in [0.717, 1.165) is 22.4 Å². The van der Waals surface area contributed by atoms with Crippen LogP contribution in [0, 0.1) is 20.8 Å². The number of aryl methyl sites for hydroxylation is 2. The van der Waals surface area contributed by atoms with E-state index in [4.69, 9.17) is 16.3 Å². The van der Waals surface area contributed by atoms with E-state index >= 15 is 0 Å². The maximum atomic E-state index is 11.1. The Morgan fingerprint density at radius 1 is 1.35 bits per heavy atom. The first kappa shape index (κ1) is 13.8. The van der Waals surface area contributed by atoms with Crippen molar-refractivity contribution >= 4 is 17.0 Å². The summed E-state index contributed by atoms with van der Waals surface area (Å²) < 4.78 is 5.44. The quantitative estimate of drug-likeness (QED) is 0.612. The molecule has 0 aliphatic rings. The minimum Gasteiger partial charge on any atom is -0.496 e. The predicted molar refractivity (Wildman–Crippen MR) is 69.9 cm³/mol. The van der Waals surface area contributed by atoms with Crippen LogP contribution in [0.3, 0.4) is 0 Å². The molecule has 0 unspecified atom stereocenters. The Morgan fingerprint density at radius 3 is 2.41 bits per heavy atom. The van der Waals surface area contributed by atoms with E-state index in [0.29, 0.717) is 6.54 Å². The zero-order valence-electron chi connectivity index (χ0n) is 10.9. The van der Waals surface area contributed by atoms with Crippen molar-refractivity contribution in [1.82, 2.24) is 4.90 Å². The smallest absolute Gasteiger partial charge is 0.316 e. The van der Waals surface area contributed by atoms with Crippen LogP contribution in [-0.2, 0) is 6.54 Å². The van der Waals surface area contributed by atoms with Crippen molar-refractivity contribution in [2.75, 3.05) is 14.2 Å². The van der Waals surface area contributed by atoms with Gasteiger partial charge < -0.3 is 9.64 Å². The summed E-state index contributed by atoms with van der Waals surface area (Å²) >= 11 is 5.44. The van der Waals surface area contributed by atoms with Crippen LogP contribution in [-0.4, -0.2) is 24.4 Å². The van der Waals surface area contributed by atoms with E-state index in [2.05, 4.69) is 6.07 Å². The number of ether oxygens (including phenoxy) is 1. The molecular formula is C13H18ClNO2. The molecule has 1 aromatic carbocycles. The third kappa shape index (κ3) is 2.91. The monoisotopic (exact) mass is 255 g/mol. The molecule has 1 aromatic rings. The average molecular weight is 256 g/mol. The number of methoxy groups -OCH3 is 1. The van der Waals surface area contributed by atoms with Crippen LogP contribution in [0.15, 0.2) is 6.07 Å². The minimum absolute atomic E-state index is 0.457. The van der Waals surface area contributed by atoms with Crippen LogP contribution in [0.2, 0.25) is 0 Å². The van der Waals surface area contributed by atoms with Gasteiger partial charge in [0, 0.05) is 12.6 Å². The summed E-state index contributed by atoms with van der Waals surface area (Å²) in [5.41, 5.74) is 4.40. The molecular weight excluding hydrogens is 238 g/mol. The Hall–Kier alpha value is -1.22. The van der Waals surface area contributed by atoms with Gasteiger partial charge in [-0.3, -0.25) is 4.79 Å². The van der Waals surface area contributed by atoms with Gasteiger partial charge in [0.1, 0.15) is 5.75 Å². The summed E-state index contributed by atoms with van der Waals surface area (Å²) in [7, 11) is 3.32. The maximum absolute atomic E-state index is 11.1. The van der Waals surface area contributed by atoms with Crippen LogP contribution in [0.5, 0.6) is 5.75 Å². The molecule has 0 fully saturated rings. The van der Waals surface area contributed by atoms with Crippen molar-refractivity contribution in [3.05, 3.63) is 28.3 Å². The normalized spacial score (nSPS) is 10.2. The third-order valence-corrected chi connectivity index (χ3v) is 3.30. The number of hydrogen-bond donors (Lipinski definition) is 0. The molecule has 0 saturated heterocycles. The van der Waals surface area contributed by atoms with Crippen LogP contribution < -0.4 is 4.74 Å². The van der Waals surface area contributed by atoms with Gasteiger partial charge in [0.2, 0.25) is 0 Å². The van der Waals surface area contributed by atoms with Crippen molar-refractivity contribution in [2.24, 2.45) is 0 Å². The van der Waals surface area contributed by atoms with Gasteiger partial charge in [0.15, 0.2) is 0 Å². The molecule has 1 amide bonds. The molecule has 0 N–H and O–H groups in total. The fourth-order valence-electron chi connectivity index (χ4n) is 1.88. The largest absolute Gasteiger partial charge is 0.496 e. The second-order valence-electron chi connectivity index (χ2n) is 4.26. The Kier molecular flexibility index (Phi) is 4.40. The second-order valence-corrected chi connectivity index (χ2v) is 4.58. The number of carbonyl (C=O) groups excluding carboxylic acids is 1. The number of amides is 1. The van der Waals surface area contributed by atoms with Crippen LogP contribution >= 0.6 is 11.6 Å². The molecule has 0 spiro atoms. The Morgan fingerprint density at radius 2 is 1.94 bits per heavy atom. The van der Waals surface area contributed by atoms with E-state index in [1.807, 2.05) is 20.8 Å². The number of hydrogen-bond acceptors (Lipinski definition) is 2. The Bertz CT molecular complexity index is 444. The summed E-state index contributed by atoms with van der Waals surface area (Å²) in [6.07, 6.45) is 0. The first-order valence-electron chi connectivity index (χ1n) is 5.42. The fraction of sp³-hybridized carbons (Fsp3) is 0.462. The second kappa shape index (κ2) is 5.41. The molecule has 4 heteroatoms. The summed E-state index contributed by atoms with van der Waals surface area (Å²) in [6, 6.07) is 2.10. The van der Waals surface area contributed by atoms with E-state index in [1.54, 1.807) is 14.2 Å². The van der Waals surface area contributed by atoms with Crippen molar-refractivity contribution in [3.63, 3.8) is 0 Å². The highest BCUT2D eigenvalue weighted by Gasteiger charge is 2.15. The molecule has 0 saturated carbocycles. The van der Waals surface area contributed by atoms with E-state index in [-0.39, 0.29) is 0 Å². The Balaban J connectivity index is 3.22. The first-order chi connectivity index (χ1) is 7.88. The summed E-state index contributed by atoms with van der Waals surface area (Å²) in [5, 5.41) is -0.468. The molecule has 1 rings (SSSR count). The first-order valence-corrected chi connectivity index (χ1v) is 5.80. The van der Waals surface area contributed by atoms with Crippen molar-refractivity contribution in [1.29, 1.82) is 0 Å². The highest BCUT2D eigenvalue weighted by molar-refractivity contribution is 6.62. The number of benzene rings is 1. The van der Waals surface area contributed by atoms with Crippen LogP contribution in [0.25, 0.3) is 0 Å². The zero-order chi connectivity index (χ0) is 13.2. The van der Waals surface area contributed by atoms with Gasteiger partial charge in [-0.05, 0) is 49.1 Å². The van der Waals surface area contributed by atoms with Gasteiger partial charge >= 0.3 is 5.37 Å². The van der Waals surface area contributed by atoms with Crippen LogP contribution in [0.4, 0.5) is 4.79 Å². The highest BCUT2D eigenvalue weighted by Crippen LogP contribution is 2.30. The molecule has 94 valence electrons. The summed E-state index contributed by atoms with van der Waals surface area (Å²) in [5.74, 6) is 0.840. The molecule has 0 aliphatic carbocycles. The van der Waals surface area contributed by atoms with E-state index in [1.165, 1.54) is 10.5 Å². The average Bonchev–Trinajstić information content (AvgIpc) is 2.26. The third-order valence-electron chi connectivity index (χ3n) is 3.01. The zero-order valence-corrected chi connectivity index (χ0v) is 11.7. The summed E-state index contributed by atoms with van der Waals surface area (Å²) in [4.78, 5) is 12.5. The Labute approximate surface area is 107 Å². The number of halogens is 1. The lowest BCUT2D eigenvalue weighted by atomic mass is 9.99. The maximum Gasteiger partial charge on any atom is 0.316 e. The number of nitrogens with zero attached hydrogens (tertiary/aromatic N) is 1. The van der Waals surface area contributed by atoms with Gasteiger partial charge in [-0.15, -0.1) is 0 Å². The molecule has 0 bridgehead atoms. The summed E-state index contributed by atoms with van der Waals surface area (Å²) in [6.45, 7) is 6.53. The van der Waals surface area contributed by atoms with Gasteiger partial charge in [-0.1, -0.05) is 6.07 Å². The lowest BCUT2D eigenvalue weighted by Crippen LogP contribution is -2.21. The lowest BCUT2D eigenvalue weighted by molar-refractivity contribution is 0.230. The minimum atomic E-state index is -0.468. The molecule has 0 heterocycles. The highest BCUT2D eigenvalue weighted by atomic mass is 35.5. The van der Waals surface area contributed by atoms with Crippen molar-refractivity contribution in [3.8, 4) is 5.75 Å². The van der Waals surface area contributed by atoms with Crippen LogP contribution in [0.1, 0.15) is 22.3 Å². The number of carbonyl (C=O) groups is 1. The van der Waals surface area contributed by atoms with Gasteiger partial charge in [-0.25, -0.2) is 0 Å². The molecule has 0 aromatic heterocycles. The van der Waals surface area contributed by atoms with Gasteiger partial charge in [0.05, 0.1) is 13.7 Å². The molecule has 3 nitrogen and oxygen atoms in total. The predicted octanol–water partition coefficient (Wildman–Crippen LogP) is 3.41. The SMILES string of the molecule is COc1c(C)c(C)cc(C)c1CN(C)C(=O)Cl. The molecule has 0 atom stereocenters. The van der Waals surface area contributed by atoms with E-state index < -0.39 is 5.37 Å².